The molecule has 0 aliphatic heterocycles. The average molecular weight is 1110 g/mol. The van der Waals surface area contributed by atoms with Crippen molar-refractivity contribution in [1.29, 1.82) is 0 Å². The van der Waals surface area contributed by atoms with E-state index in [4.69, 9.17) is 0 Å². The van der Waals surface area contributed by atoms with Gasteiger partial charge < -0.3 is 25.1 Å². The topological polar surface area (TPSA) is 196 Å². The van der Waals surface area contributed by atoms with Gasteiger partial charge in [0.25, 0.3) is 0 Å². The summed E-state index contributed by atoms with van der Waals surface area (Å²) < 4.78 is 4.30. The maximum atomic E-state index is 13.6. The molecule has 2 aliphatic rings. The molecule has 0 radical (unpaired) electrons. The van der Waals surface area contributed by atoms with Gasteiger partial charge in [0.05, 0.1) is 19.9 Å². The molecule has 2 saturated carbocycles. The number of rotatable bonds is 19. The molecule has 2 fully saturated rings. The second-order valence-corrected chi connectivity index (χ2v) is 25.1. The van der Waals surface area contributed by atoms with Crippen molar-refractivity contribution in [2.75, 3.05) is 16.0 Å². The molecule has 9 aromatic rings. The molecule has 0 spiro atoms. The minimum absolute atomic E-state index is 0.00990. The number of hydrogen-bond acceptors (Lipinski definition) is 16. The maximum absolute atomic E-state index is 13.6. The fourth-order valence-corrected chi connectivity index (χ4v) is 14.3. The molecule has 22 heteroatoms. The third kappa shape index (κ3) is 10.5. The number of anilines is 3. The Kier molecular flexibility index (Phi) is 14.2. The minimum Gasteiger partial charge on any atom is -0.325 e. The lowest BCUT2D eigenvalue weighted by Crippen LogP contribution is -2.27. The molecule has 11 rings (SSSR count). The van der Waals surface area contributed by atoms with E-state index in [1.807, 2.05) is 121 Å². The summed E-state index contributed by atoms with van der Waals surface area (Å²) in [5, 5.41) is 39.3. The van der Waals surface area contributed by atoms with Crippen molar-refractivity contribution in [3.05, 3.63) is 121 Å². The van der Waals surface area contributed by atoms with Crippen LogP contribution in [-0.2, 0) is 27.5 Å². The molecule has 3 aromatic carbocycles. The smallest absolute Gasteiger partial charge is 0.241 e. The zero-order valence-corrected chi connectivity index (χ0v) is 45.9. The molecule has 1 atom stereocenters. The molecule has 6 heterocycles. The summed E-state index contributed by atoms with van der Waals surface area (Å²) in [6, 6.07) is 37.1. The minimum atomic E-state index is -0.730. The summed E-state index contributed by atoms with van der Waals surface area (Å²) in [7, 11) is 0. The predicted octanol–water partition coefficient (Wildman–Crippen LogP) is 12.3. The van der Waals surface area contributed by atoms with Crippen LogP contribution in [0, 0.1) is 0 Å². The number of nitrogens with one attached hydrogen (secondary N) is 3. The Morgan fingerprint density at radius 3 is 1.55 bits per heavy atom. The predicted molar refractivity (Wildman–Crippen MR) is 302 cm³/mol. The Labute approximate surface area is 456 Å². The second kappa shape index (κ2) is 21.1. The van der Waals surface area contributed by atoms with Crippen LogP contribution >= 0.6 is 69.3 Å². The number of amides is 3. The van der Waals surface area contributed by atoms with Crippen molar-refractivity contribution in [2.24, 2.45) is 0 Å². The van der Waals surface area contributed by atoms with E-state index in [2.05, 4.69) is 76.2 Å². The summed E-state index contributed by atoms with van der Waals surface area (Å²) in [5.41, 5.74) is 4.14. The number of nitrogens with zero attached hydrogens (tertiary/aromatic N) is 9. The molecule has 380 valence electrons. The van der Waals surface area contributed by atoms with Gasteiger partial charge in [0, 0.05) is 46.8 Å². The molecule has 2 aliphatic carbocycles. The number of thiophene rings is 3. The normalized spacial score (nSPS) is 14.6. The lowest BCUT2D eigenvalue weighted by molar-refractivity contribution is -0.117. The van der Waals surface area contributed by atoms with E-state index in [0.29, 0.717) is 53.4 Å². The zero-order valence-electron chi connectivity index (χ0n) is 41.0. The largest absolute Gasteiger partial charge is 0.325 e. The van der Waals surface area contributed by atoms with Crippen LogP contribution in [0.25, 0.3) is 53.0 Å². The van der Waals surface area contributed by atoms with Gasteiger partial charge in [-0.25, -0.2) is 4.57 Å². The number of benzene rings is 3. The van der Waals surface area contributed by atoms with Gasteiger partial charge in [-0.1, -0.05) is 83.8 Å². The lowest BCUT2D eigenvalue weighted by Gasteiger charge is -2.15. The highest BCUT2D eigenvalue weighted by Crippen LogP contribution is 2.54. The van der Waals surface area contributed by atoms with Crippen molar-refractivity contribution in [2.45, 2.75) is 96.7 Å². The first kappa shape index (κ1) is 50.5. The van der Waals surface area contributed by atoms with Crippen LogP contribution in [0.5, 0.6) is 0 Å². The van der Waals surface area contributed by atoms with E-state index in [0.717, 1.165) is 70.8 Å². The van der Waals surface area contributed by atoms with Gasteiger partial charge >= 0.3 is 0 Å². The van der Waals surface area contributed by atoms with E-state index >= 15 is 0 Å². The van der Waals surface area contributed by atoms with Gasteiger partial charge in [-0.2, -0.15) is 0 Å². The summed E-state index contributed by atoms with van der Waals surface area (Å²) in [6.45, 7) is 8.71. The van der Waals surface area contributed by atoms with E-state index in [-0.39, 0.29) is 23.6 Å². The first-order valence-electron chi connectivity index (χ1n) is 24.2. The highest BCUT2D eigenvalue weighted by molar-refractivity contribution is 8.02. The van der Waals surface area contributed by atoms with Gasteiger partial charge in [-0.05, 0) is 130 Å². The molecule has 16 nitrogen and oxygen atoms in total. The Hall–Kier alpha value is -6.69. The molecular weight excluding hydrogens is 1060 g/mol. The standard InChI is InChI=1S/C53H48N12O4S6/c1-5-63-43(41-24-22-39(72-41)34-16-20-37(21-17-34)56-48(69)53(28-29-53)75-51-62-59-45(65(51)32(4)66)40-13-10-30-70-40)57-60-49(63)71-31(3)46(67)54-36-18-14-33(15-19-36)38-23-25-42(73-38)44-58-61-50(64(44)6-2)74-52(26-27-52)47(68)55-35-11-8-7-9-12-35/h7-25,30-31H,5-6,26-29H2,1-4H3,(H,54,67)(H,55,68)(H,56,69). The number of hydrogen-bond donors (Lipinski definition) is 3. The first-order chi connectivity index (χ1) is 36.4. The number of carbonyl (C=O) groups excluding carboxylic acids is 4. The Morgan fingerprint density at radius 2 is 1.03 bits per heavy atom. The summed E-state index contributed by atoms with van der Waals surface area (Å²) in [4.78, 5) is 58.0. The van der Waals surface area contributed by atoms with Gasteiger partial charge in [0.2, 0.25) is 23.6 Å². The highest BCUT2D eigenvalue weighted by Gasteiger charge is 2.53. The van der Waals surface area contributed by atoms with Gasteiger partial charge in [0.1, 0.15) is 9.49 Å². The number of para-hydroxylation sites is 1. The van der Waals surface area contributed by atoms with Crippen LogP contribution < -0.4 is 16.0 Å². The van der Waals surface area contributed by atoms with Crippen molar-refractivity contribution >= 4 is 110 Å². The Morgan fingerprint density at radius 1 is 0.547 bits per heavy atom. The third-order valence-electron chi connectivity index (χ3n) is 12.8. The molecule has 3 N–H and O–H groups in total. The summed E-state index contributed by atoms with van der Waals surface area (Å²) in [5.74, 6) is 1.47. The summed E-state index contributed by atoms with van der Waals surface area (Å²) in [6.07, 6.45) is 2.90. The monoisotopic (exact) mass is 1110 g/mol. The van der Waals surface area contributed by atoms with Crippen molar-refractivity contribution in [1.82, 2.24) is 44.3 Å². The number of carbonyl (C=O) groups is 4. The first-order valence-corrected chi connectivity index (χ1v) is 29.3. The molecular formula is C53H48N12O4S6. The molecule has 6 aromatic heterocycles. The maximum Gasteiger partial charge on any atom is 0.241 e. The summed E-state index contributed by atoms with van der Waals surface area (Å²) >= 11 is 8.83. The van der Waals surface area contributed by atoms with Crippen molar-refractivity contribution in [3.63, 3.8) is 0 Å². The van der Waals surface area contributed by atoms with Gasteiger partial charge in [0.15, 0.2) is 32.9 Å². The van der Waals surface area contributed by atoms with Crippen LogP contribution in [0.3, 0.4) is 0 Å². The molecule has 0 bridgehead atoms. The fourth-order valence-electron chi connectivity index (χ4n) is 8.32. The van der Waals surface area contributed by atoms with Crippen LogP contribution in [0.2, 0.25) is 0 Å². The average Bonchev–Trinajstić information content (AvgIpc) is 3.85. The van der Waals surface area contributed by atoms with Crippen molar-refractivity contribution < 1.29 is 19.2 Å². The quantitative estimate of drug-likeness (QED) is 0.0648. The van der Waals surface area contributed by atoms with Crippen LogP contribution in [0.15, 0.2) is 136 Å². The van der Waals surface area contributed by atoms with E-state index in [1.54, 1.807) is 22.7 Å². The van der Waals surface area contributed by atoms with Crippen LogP contribution in [0.4, 0.5) is 17.1 Å². The van der Waals surface area contributed by atoms with Crippen LogP contribution in [0.1, 0.15) is 58.2 Å². The SMILES string of the molecule is CCn1c(SC(C)C(=O)Nc2ccc(-c3ccc(-c4nnc(SC5(C(=O)Nc6ccccc6)CC5)n4CC)s3)cc2)nnc1-c1ccc(-c2ccc(NC(=O)C3(Sc4nnc(-c5cccs5)n4C(C)=O)CC3)cc2)s1. The number of thioether (sulfide) groups is 3. The van der Waals surface area contributed by atoms with Gasteiger partial charge in [-0.3, -0.25) is 19.2 Å². The number of aromatic nitrogens is 9. The van der Waals surface area contributed by atoms with E-state index in [9.17, 15) is 19.2 Å². The van der Waals surface area contributed by atoms with E-state index in [1.165, 1.54) is 58.1 Å². The van der Waals surface area contributed by atoms with Crippen LogP contribution in [-0.4, -0.2) is 82.7 Å². The third-order valence-corrected chi connectivity index (χ3v) is 19.9. The molecule has 3 amide bonds. The molecule has 75 heavy (non-hydrogen) atoms. The zero-order chi connectivity index (χ0) is 51.8. The Balaban J connectivity index is 0.685. The lowest BCUT2D eigenvalue weighted by atomic mass is 10.1. The van der Waals surface area contributed by atoms with E-state index < -0.39 is 14.7 Å². The molecule has 0 saturated heterocycles. The highest BCUT2D eigenvalue weighted by atomic mass is 32.2. The fraction of sp³-hybridized carbons (Fsp3) is 0.245. The second-order valence-electron chi connectivity index (χ2n) is 17.9. The van der Waals surface area contributed by atoms with Crippen molar-refractivity contribution in [3.8, 4) is 53.0 Å². The Bertz CT molecular complexity index is 3560. The molecule has 1 unspecified atom stereocenters. The van der Waals surface area contributed by atoms with Gasteiger partial charge in [-0.15, -0.1) is 64.6 Å².